The molecule has 130 valence electrons. The molecule has 0 heterocycles. The third-order valence-electron chi connectivity index (χ3n) is 3.50. The second kappa shape index (κ2) is 7.23. The quantitative estimate of drug-likeness (QED) is 0.729. The molecule has 0 fully saturated rings. The number of hydrogen-bond donors (Lipinski definition) is 3. The second-order valence-electron chi connectivity index (χ2n) is 5.42. The summed E-state index contributed by atoms with van der Waals surface area (Å²) in [6.45, 7) is 4.47. The summed E-state index contributed by atoms with van der Waals surface area (Å²) in [5.74, 6) is -2.76. The Labute approximate surface area is 143 Å². The van der Waals surface area contributed by atoms with Crippen molar-refractivity contribution in [3.8, 4) is 0 Å². The normalized spacial score (nSPS) is 12.8. The van der Waals surface area contributed by atoms with Crippen molar-refractivity contribution in [2.24, 2.45) is 0 Å². The van der Waals surface area contributed by atoms with E-state index in [4.69, 9.17) is 0 Å². The first kappa shape index (κ1) is 18.3. The maximum atomic E-state index is 13.7. The lowest BCUT2D eigenvalue weighted by Gasteiger charge is -2.23. The van der Waals surface area contributed by atoms with Crippen molar-refractivity contribution in [2.45, 2.75) is 12.5 Å². The van der Waals surface area contributed by atoms with E-state index in [0.717, 1.165) is 18.2 Å². The first-order valence-electron chi connectivity index (χ1n) is 7.27. The fourth-order valence-corrected chi connectivity index (χ4v) is 2.06. The number of anilines is 2. The van der Waals surface area contributed by atoms with Gasteiger partial charge in [0.2, 0.25) is 5.91 Å². The number of halogens is 2. The molecule has 0 saturated heterocycles. The molecule has 3 N–H and O–H groups in total. The molecule has 7 heteroatoms. The Kier molecular flexibility index (Phi) is 5.29. The molecule has 2 amide bonds. The standard InChI is InChI=1S/C18H16F2N2O3/c1-3-16(23)22-15-10-13(7-8-14(15)20)21-17(24)18(2,25)11-5-4-6-12(19)9-11/h3-10,25H,1H2,2H3,(H,21,24)(H,22,23). The largest absolute Gasteiger partial charge is 0.376 e. The van der Waals surface area contributed by atoms with Crippen LogP contribution in [0.3, 0.4) is 0 Å². The monoisotopic (exact) mass is 346 g/mol. The number of nitrogens with one attached hydrogen (secondary N) is 2. The molecule has 0 spiro atoms. The van der Waals surface area contributed by atoms with Crippen LogP contribution in [-0.2, 0) is 15.2 Å². The molecule has 5 nitrogen and oxygen atoms in total. The molecule has 2 aromatic carbocycles. The van der Waals surface area contributed by atoms with Crippen LogP contribution < -0.4 is 10.6 Å². The summed E-state index contributed by atoms with van der Waals surface area (Å²) in [6.07, 6.45) is 0.972. The summed E-state index contributed by atoms with van der Waals surface area (Å²) in [5.41, 5.74) is -1.97. The molecule has 0 aliphatic rings. The Morgan fingerprint density at radius 1 is 1.16 bits per heavy atom. The SMILES string of the molecule is C=CC(=O)Nc1cc(NC(=O)C(C)(O)c2cccc(F)c2)ccc1F. The van der Waals surface area contributed by atoms with Crippen molar-refractivity contribution in [1.82, 2.24) is 0 Å². The zero-order chi connectivity index (χ0) is 18.6. The van der Waals surface area contributed by atoms with Gasteiger partial charge in [-0.25, -0.2) is 8.78 Å². The minimum absolute atomic E-state index is 0.0623. The summed E-state index contributed by atoms with van der Waals surface area (Å²) in [7, 11) is 0. The molecule has 0 bridgehead atoms. The first-order chi connectivity index (χ1) is 11.7. The van der Waals surface area contributed by atoms with Gasteiger partial charge in [0.15, 0.2) is 5.60 Å². The maximum Gasteiger partial charge on any atom is 0.260 e. The van der Waals surface area contributed by atoms with E-state index in [0.29, 0.717) is 0 Å². The first-order valence-corrected chi connectivity index (χ1v) is 7.27. The molecule has 2 rings (SSSR count). The van der Waals surface area contributed by atoms with E-state index in [2.05, 4.69) is 17.2 Å². The van der Waals surface area contributed by atoms with Crippen molar-refractivity contribution >= 4 is 23.2 Å². The number of aliphatic hydroxyl groups is 1. The smallest absolute Gasteiger partial charge is 0.260 e. The van der Waals surface area contributed by atoms with E-state index in [1.54, 1.807) is 0 Å². The van der Waals surface area contributed by atoms with Crippen molar-refractivity contribution in [3.63, 3.8) is 0 Å². The van der Waals surface area contributed by atoms with Crippen LogP contribution in [0.25, 0.3) is 0 Å². The van der Waals surface area contributed by atoms with E-state index >= 15 is 0 Å². The lowest BCUT2D eigenvalue weighted by molar-refractivity contribution is -0.133. The highest BCUT2D eigenvalue weighted by Gasteiger charge is 2.33. The van der Waals surface area contributed by atoms with Crippen LogP contribution in [0.2, 0.25) is 0 Å². The van der Waals surface area contributed by atoms with Crippen molar-refractivity contribution in [2.75, 3.05) is 10.6 Å². The third kappa shape index (κ3) is 4.27. The van der Waals surface area contributed by atoms with Crippen LogP contribution >= 0.6 is 0 Å². The fourth-order valence-electron chi connectivity index (χ4n) is 2.06. The van der Waals surface area contributed by atoms with E-state index in [-0.39, 0.29) is 16.9 Å². The lowest BCUT2D eigenvalue weighted by atomic mass is 9.95. The van der Waals surface area contributed by atoms with E-state index in [1.165, 1.54) is 37.3 Å². The Morgan fingerprint density at radius 2 is 1.88 bits per heavy atom. The van der Waals surface area contributed by atoms with Gasteiger partial charge in [0.25, 0.3) is 5.91 Å². The van der Waals surface area contributed by atoms with Gasteiger partial charge in [-0.1, -0.05) is 18.7 Å². The summed E-state index contributed by atoms with van der Waals surface area (Å²) in [4.78, 5) is 23.6. The summed E-state index contributed by atoms with van der Waals surface area (Å²) in [6, 6.07) is 8.50. The number of benzene rings is 2. The zero-order valence-electron chi connectivity index (χ0n) is 13.3. The summed E-state index contributed by atoms with van der Waals surface area (Å²) in [5, 5.41) is 15.1. The average molecular weight is 346 g/mol. The molecular formula is C18H16F2N2O3. The van der Waals surface area contributed by atoms with Crippen LogP contribution in [0.4, 0.5) is 20.2 Å². The predicted octanol–water partition coefficient (Wildman–Crippen LogP) is 2.94. The molecule has 0 saturated carbocycles. The number of carbonyl (C=O) groups is 2. The van der Waals surface area contributed by atoms with E-state index in [1.807, 2.05) is 0 Å². The Hall–Kier alpha value is -3.06. The number of hydrogen-bond acceptors (Lipinski definition) is 3. The Morgan fingerprint density at radius 3 is 2.52 bits per heavy atom. The van der Waals surface area contributed by atoms with E-state index < -0.39 is 29.0 Å². The van der Waals surface area contributed by atoms with Crippen molar-refractivity contribution in [3.05, 3.63) is 72.3 Å². The topological polar surface area (TPSA) is 78.4 Å². The minimum atomic E-state index is -2.01. The van der Waals surface area contributed by atoms with Gasteiger partial charge in [-0.15, -0.1) is 0 Å². The third-order valence-corrected chi connectivity index (χ3v) is 3.50. The fraction of sp³-hybridized carbons (Fsp3) is 0.111. The van der Waals surface area contributed by atoms with Gasteiger partial charge in [-0.3, -0.25) is 9.59 Å². The van der Waals surface area contributed by atoms with Crippen molar-refractivity contribution < 1.29 is 23.5 Å². The molecule has 0 aliphatic carbocycles. The zero-order valence-corrected chi connectivity index (χ0v) is 13.3. The minimum Gasteiger partial charge on any atom is -0.376 e. The molecule has 0 radical (unpaired) electrons. The van der Waals surface area contributed by atoms with Crippen LogP contribution in [-0.4, -0.2) is 16.9 Å². The predicted molar refractivity (Wildman–Crippen MR) is 89.8 cm³/mol. The Balaban J connectivity index is 2.23. The van der Waals surface area contributed by atoms with Gasteiger partial charge in [-0.2, -0.15) is 0 Å². The molecule has 25 heavy (non-hydrogen) atoms. The Bertz CT molecular complexity index is 835. The molecule has 0 aromatic heterocycles. The maximum absolute atomic E-state index is 13.7. The molecular weight excluding hydrogens is 330 g/mol. The number of amides is 2. The molecule has 2 aromatic rings. The molecule has 1 atom stereocenters. The highest BCUT2D eigenvalue weighted by molar-refractivity contribution is 6.01. The lowest BCUT2D eigenvalue weighted by Crippen LogP contribution is -2.37. The summed E-state index contributed by atoms with van der Waals surface area (Å²) < 4.78 is 27.0. The number of carbonyl (C=O) groups excluding carboxylic acids is 2. The average Bonchev–Trinajstić information content (AvgIpc) is 2.57. The van der Waals surface area contributed by atoms with Crippen LogP contribution in [0, 0.1) is 11.6 Å². The second-order valence-corrected chi connectivity index (χ2v) is 5.42. The number of rotatable bonds is 5. The van der Waals surface area contributed by atoms with Gasteiger partial charge < -0.3 is 15.7 Å². The van der Waals surface area contributed by atoms with Gasteiger partial charge in [-0.05, 0) is 48.9 Å². The highest BCUT2D eigenvalue weighted by Crippen LogP contribution is 2.25. The molecule has 1 unspecified atom stereocenters. The molecule has 0 aliphatic heterocycles. The summed E-state index contributed by atoms with van der Waals surface area (Å²) >= 11 is 0. The van der Waals surface area contributed by atoms with Crippen molar-refractivity contribution in [1.29, 1.82) is 0 Å². The van der Waals surface area contributed by atoms with Gasteiger partial charge in [0.1, 0.15) is 11.6 Å². The van der Waals surface area contributed by atoms with Crippen LogP contribution in [0.5, 0.6) is 0 Å². The van der Waals surface area contributed by atoms with Crippen LogP contribution in [0.1, 0.15) is 12.5 Å². The van der Waals surface area contributed by atoms with Crippen LogP contribution in [0.15, 0.2) is 55.1 Å². The van der Waals surface area contributed by atoms with E-state index in [9.17, 15) is 23.5 Å². The highest BCUT2D eigenvalue weighted by atomic mass is 19.1. The van der Waals surface area contributed by atoms with Gasteiger partial charge in [0, 0.05) is 5.69 Å². The van der Waals surface area contributed by atoms with Gasteiger partial charge >= 0.3 is 0 Å². The van der Waals surface area contributed by atoms with Gasteiger partial charge in [0.05, 0.1) is 5.69 Å².